The number of amides is 2. The highest BCUT2D eigenvalue weighted by Crippen LogP contribution is 2.25. The molecule has 3 aromatic rings. The molecule has 3 atom stereocenters. The van der Waals surface area contributed by atoms with Gasteiger partial charge >= 0.3 is 5.69 Å². The smallest absolute Gasteiger partial charge is 0.326 e. The first-order valence-corrected chi connectivity index (χ1v) is 12.0. The number of para-hydroxylation sites is 2. The summed E-state index contributed by atoms with van der Waals surface area (Å²) in [5.41, 5.74) is 2.19. The number of piperidine rings is 1. The third kappa shape index (κ3) is 4.94. The molecule has 2 aromatic carbocycles. The van der Waals surface area contributed by atoms with Gasteiger partial charge in [-0.05, 0) is 49.6 Å². The molecule has 1 aliphatic heterocycles. The molecule has 1 saturated heterocycles. The number of halogens is 1. The van der Waals surface area contributed by atoms with Crippen molar-refractivity contribution in [2.75, 3.05) is 13.1 Å². The quantitative estimate of drug-likeness (QED) is 0.386. The molecule has 0 aliphatic carbocycles. The van der Waals surface area contributed by atoms with Crippen molar-refractivity contribution in [1.29, 1.82) is 0 Å². The molecule has 34 heavy (non-hydrogen) atoms. The third-order valence-electron chi connectivity index (χ3n) is 6.31. The maximum Gasteiger partial charge on any atom is 0.326 e. The summed E-state index contributed by atoms with van der Waals surface area (Å²) in [5.74, 6) is -1.53. The Morgan fingerprint density at radius 2 is 1.71 bits per heavy atom. The number of likely N-dealkylation sites (tertiary alicyclic amines) is 1. The van der Waals surface area contributed by atoms with Crippen molar-refractivity contribution in [3.05, 3.63) is 69.1 Å². The van der Waals surface area contributed by atoms with Gasteiger partial charge in [0.15, 0.2) is 12.2 Å². The monoisotopic (exact) mass is 530 g/mol. The van der Waals surface area contributed by atoms with E-state index in [1.807, 2.05) is 48.5 Å². The zero-order chi connectivity index (χ0) is 24.4. The summed E-state index contributed by atoms with van der Waals surface area (Å²) >= 11 is 3.35. The zero-order valence-electron chi connectivity index (χ0n) is 18.6. The second-order valence-corrected chi connectivity index (χ2v) is 9.46. The molecule has 0 radical (unpaired) electrons. The second kappa shape index (κ2) is 10.1. The number of hydrogen-bond acceptors (Lipinski definition) is 5. The summed E-state index contributed by atoms with van der Waals surface area (Å²) in [6, 6.07) is 14.2. The summed E-state index contributed by atoms with van der Waals surface area (Å²) < 4.78 is 2.61. The molecule has 2 amide bonds. The Hall–Kier alpha value is -2.95. The Labute approximate surface area is 204 Å². The molecule has 1 fully saturated rings. The topological polar surface area (TPSA) is 128 Å². The molecule has 0 unspecified atom stereocenters. The van der Waals surface area contributed by atoms with E-state index in [-0.39, 0.29) is 11.7 Å². The molecule has 9 nitrogen and oxygen atoms in total. The fraction of sp³-hybridized carbons (Fsp3) is 0.375. The van der Waals surface area contributed by atoms with Crippen molar-refractivity contribution in [1.82, 2.24) is 19.8 Å². The highest BCUT2D eigenvalue weighted by atomic mass is 79.9. The van der Waals surface area contributed by atoms with Crippen LogP contribution in [0.1, 0.15) is 37.4 Å². The molecule has 1 aliphatic rings. The Morgan fingerprint density at radius 3 is 2.38 bits per heavy atom. The van der Waals surface area contributed by atoms with Gasteiger partial charge in [0.25, 0.3) is 11.8 Å². The summed E-state index contributed by atoms with van der Waals surface area (Å²) in [6.45, 7) is 2.35. The van der Waals surface area contributed by atoms with E-state index in [0.717, 1.165) is 21.1 Å². The minimum Gasteiger partial charge on any atom is -0.380 e. The average molecular weight is 531 g/mol. The molecule has 10 heteroatoms. The standard InChI is InChI=1S/C24H27BrN4O5/c1-14(15-6-8-16(25)9-7-15)26-22(32)20(30)21(31)23(33)28-12-10-17(11-13-28)29-19-5-3-2-4-18(19)27-24(29)34/h2-9,14,17,20-21,30-31H,10-13H2,1H3,(H,26,32)(H,27,34)/t14-,20+,21+/m0/s1. The van der Waals surface area contributed by atoms with Gasteiger partial charge in [0.1, 0.15) is 0 Å². The minimum absolute atomic E-state index is 0.0928. The molecular formula is C24H27BrN4O5. The Kier molecular flexibility index (Phi) is 7.20. The van der Waals surface area contributed by atoms with Crippen molar-refractivity contribution in [2.24, 2.45) is 0 Å². The summed E-state index contributed by atoms with van der Waals surface area (Å²) in [5, 5.41) is 23.3. The molecule has 4 N–H and O–H groups in total. The molecule has 0 bridgehead atoms. The highest BCUT2D eigenvalue weighted by Gasteiger charge is 2.36. The van der Waals surface area contributed by atoms with E-state index < -0.39 is 30.1 Å². The van der Waals surface area contributed by atoms with Crippen molar-refractivity contribution < 1.29 is 19.8 Å². The number of nitrogens with zero attached hydrogens (tertiary/aromatic N) is 2. The van der Waals surface area contributed by atoms with Crippen LogP contribution in [0.15, 0.2) is 57.8 Å². The van der Waals surface area contributed by atoms with Crippen molar-refractivity contribution in [3.63, 3.8) is 0 Å². The lowest BCUT2D eigenvalue weighted by molar-refractivity contribution is -0.154. The van der Waals surface area contributed by atoms with E-state index in [1.165, 1.54) is 4.90 Å². The van der Waals surface area contributed by atoms with Crippen LogP contribution in [0.2, 0.25) is 0 Å². The first-order valence-electron chi connectivity index (χ1n) is 11.2. The van der Waals surface area contributed by atoms with Crippen LogP contribution in [0, 0.1) is 0 Å². The fourth-order valence-corrected chi connectivity index (χ4v) is 4.64. The molecule has 0 saturated carbocycles. The van der Waals surface area contributed by atoms with Crippen LogP contribution in [0.25, 0.3) is 11.0 Å². The first-order chi connectivity index (χ1) is 16.3. The van der Waals surface area contributed by atoms with Gasteiger partial charge in [-0.1, -0.05) is 40.2 Å². The van der Waals surface area contributed by atoms with Crippen molar-refractivity contribution in [2.45, 2.75) is 44.1 Å². The van der Waals surface area contributed by atoms with Crippen LogP contribution < -0.4 is 11.0 Å². The number of aliphatic hydroxyl groups is 2. The molecular weight excluding hydrogens is 504 g/mol. The van der Waals surface area contributed by atoms with Gasteiger partial charge in [-0.3, -0.25) is 14.2 Å². The van der Waals surface area contributed by atoms with Gasteiger partial charge in [-0.15, -0.1) is 0 Å². The number of carbonyl (C=O) groups excluding carboxylic acids is 2. The van der Waals surface area contributed by atoms with Crippen molar-refractivity contribution >= 4 is 38.8 Å². The predicted octanol–water partition coefficient (Wildman–Crippen LogP) is 1.85. The maximum absolute atomic E-state index is 12.8. The van der Waals surface area contributed by atoms with Gasteiger partial charge in [0.2, 0.25) is 0 Å². The number of nitrogens with one attached hydrogen (secondary N) is 2. The SMILES string of the molecule is C[C@H](NC(=O)[C@H](O)[C@@H](O)C(=O)N1CCC(n2c(=O)[nH]c3ccccc32)CC1)c1ccc(Br)cc1. The number of hydrogen-bond donors (Lipinski definition) is 4. The number of aromatic nitrogens is 2. The van der Waals surface area contributed by atoms with Crippen molar-refractivity contribution in [3.8, 4) is 0 Å². The molecule has 2 heterocycles. The van der Waals surface area contributed by atoms with Gasteiger partial charge in [0, 0.05) is 23.6 Å². The first kappa shape index (κ1) is 24.2. The lowest BCUT2D eigenvalue weighted by Gasteiger charge is -2.34. The van der Waals surface area contributed by atoms with Gasteiger partial charge in [0.05, 0.1) is 17.1 Å². The van der Waals surface area contributed by atoms with E-state index in [1.54, 1.807) is 11.5 Å². The van der Waals surface area contributed by atoms with Crippen LogP contribution in [0.4, 0.5) is 0 Å². The van der Waals surface area contributed by atoms with Crippen LogP contribution in [0.5, 0.6) is 0 Å². The molecule has 1 aromatic heterocycles. The number of H-pyrrole nitrogens is 1. The fourth-order valence-electron chi connectivity index (χ4n) is 4.38. The predicted molar refractivity (Wildman–Crippen MR) is 130 cm³/mol. The lowest BCUT2D eigenvalue weighted by atomic mass is 10.0. The van der Waals surface area contributed by atoms with E-state index >= 15 is 0 Å². The number of imidazole rings is 1. The molecule has 180 valence electrons. The largest absolute Gasteiger partial charge is 0.380 e. The summed E-state index contributed by atoms with van der Waals surface area (Å²) in [4.78, 5) is 41.9. The van der Waals surface area contributed by atoms with Gasteiger partial charge in [-0.25, -0.2) is 4.79 Å². The number of benzene rings is 2. The molecule has 0 spiro atoms. The van der Waals surface area contributed by atoms with Crippen LogP contribution >= 0.6 is 15.9 Å². The maximum atomic E-state index is 12.8. The lowest BCUT2D eigenvalue weighted by Crippen LogP contribution is -2.52. The van der Waals surface area contributed by atoms with E-state index in [2.05, 4.69) is 26.2 Å². The Balaban J connectivity index is 1.34. The molecule has 4 rings (SSSR count). The Morgan fingerprint density at radius 1 is 1.06 bits per heavy atom. The van der Waals surface area contributed by atoms with Crippen LogP contribution in [-0.2, 0) is 9.59 Å². The average Bonchev–Trinajstić information content (AvgIpc) is 3.18. The minimum atomic E-state index is -1.89. The third-order valence-corrected chi connectivity index (χ3v) is 6.84. The number of aliphatic hydroxyl groups excluding tert-OH is 2. The normalized spacial score (nSPS) is 17.4. The second-order valence-electron chi connectivity index (χ2n) is 8.55. The zero-order valence-corrected chi connectivity index (χ0v) is 20.2. The Bertz CT molecular complexity index is 1230. The van der Waals surface area contributed by atoms with E-state index in [9.17, 15) is 24.6 Å². The number of rotatable bonds is 6. The van der Waals surface area contributed by atoms with Crippen LogP contribution in [-0.4, -0.2) is 61.8 Å². The summed E-state index contributed by atoms with van der Waals surface area (Å²) in [6.07, 6.45) is -2.73. The summed E-state index contributed by atoms with van der Waals surface area (Å²) in [7, 11) is 0. The number of aromatic amines is 1. The van der Waals surface area contributed by atoms with Crippen LogP contribution in [0.3, 0.4) is 0 Å². The number of fused-ring (bicyclic) bond motifs is 1. The van der Waals surface area contributed by atoms with Gasteiger partial charge in [-0.2, -0.15) is 0 Å². The van der Waals surface area contributed by atoms with Gasteiger partial charge < -0.3 is 25.4 Å². The number of carbonyl (C=O) groups is 2. The highest BCUT2D eigenvalue weighted by molar-refractivity contribution is 9.10. The van der Waals surface area contributed by atoms with E-state index in [4.69, 9.17) is 0 Å². The van der Waals surface area contributed by atoms with E-state index in [0.29, 0.717) is 25.9 Å².